The standard InChI is InChI=1S/C19H19N3O/c1-3-19(4-2)13-11-12(9-10-14(13)22-18(19)23)17-20-15-7-5-6-8-16(15)21-17/h5-11H,3-4H2,1-2H3,(H,20,21)(H,22,23). The summed E-state index contributed by atoms with van der Waals surface area (Å²) in [6.45, 7) is 4.15. The van der Waals surface area contributed by atoms with Gasteiger partial charge < -0.3 is 10.3 Å². The number of amides is 1. The van der Waals surface area contributed by atoms with Crippen LogP contribution in [-0.2, 0) is 10.2 Å². The number of anilines is 1. The van der Waals surface area contributed by atoms with E-state index in [1.165, 1.54) is 0 Å². The first-order valence-electron chi connectivity index (χ1n) is 8.09. The number of H-pyrrole nitrogens is 1. The zero-order valence-corrected chi connectivity index (χ0v) is 13.3. The van der Waals surface area contributed by atoms with Crippen molar-refractivity contribution in [2.75, 3.05) is 5.32 Å². The van der Waals surface area contributed by atoms with Crippen molar-refractivity contribution in [2.45, 2.75) is 32.1 Å². The molecule has 0 fully saturated rings. The molecule has 4 rings (SSSR count). The quantitative estimate of drug-likeness (QED) is 0.760. The number of benzene rings is 2. The molecule has 0 unspecified atom stereocenters. The van der Waals surface area contributed by atoms with Crippen LogP contribution < -0.4 is 5.32 Å². The van der Waals surface area contributed by atoms with Gasteiger partial charge in [0.1, 0.15) is 5.82 Å². The lowest BCUT2D eigenvalue weighted by Crippen LogP contribution is -2.32. The number of hydrogen-bond acceptors (Lipinski definition) is 2. The Morgan fingerprint density at radius 1 is 1.09 bits per heavy atom. The third kappa shape index (κ3) is 1.91. The maximum Gasteiger partial charge on any atom is 0.235 e. The zero-order chi connectivity index (χ0) is 16.0. The van der Waals surface area contributed by atoms with Crippen LogP contribution >= 0.6 is 0 Å². The summed E-state index contributed by atoms with van der Waals surface area (Å²) in [5.74, 6) is 0.953. The van der Waals surface area contributed by atoms with Gasteiger partial charge in [0.15, 0.2) is 0 Å². The van der Waals surface area contributed by atoms with Crippen molar-refractivity contribution in [1.29, 1.82) is 0 Å². The molecule has 4 nitrogen and oxygen atoms in total. The Bertz CT molecular complexity index is 873. The van der Waals surface area contributed by atoms with Gasteiger partial charge in [0.05, 0.1) is 16.4 Å². The Hall–Kier alpha value is -2.62. The SMILES string of the molecule is CCC1(CC)C(=O)Nc2ccc(-c3nc4ccccc4[nH]3)cc21. The van der Waals surface area contributed by atoms with Gasteiger partial charge in [-0.1, -0.05) is 26.0 Å². The van der Waals surface area contributed by atoms with Gasteiger partial charge in [-0.15, -0.1) is 0 Å². The lowest BCUT2D eigenvalue weighted by Gasteiger charge is -2.24. The number of fused-ring (bicyclic) bond motifs is 2. The van der Waals surface area contributed by atoms with Crippen LogP contribution in [0.15, 0.2) is 42.5 Å². The molecule has 2 N–H and O–H groups in total. The Labute approximate surface area is 134 Å². The third-order valence-corrected chi connectivity index (χ3v) is 5.09. The van der Waals surface area contributed by atoms with E-state index in [0.29, 0.717) is 0 Å². The number of aromatic nitrogens is 2. The number of imidazole rings is 1. The van der Waals surface area contributed by atoms with E-state index in [4.69, 9.17) is 0 Å². The van der Waals surface area contributed by atoms with Crippen molar-refractivity contribution in [1.82, 2.24) is 9.97 Å². The molecule has 0 saturated carbocycles. The zero-order valence-electron chi connectivity index (χ0n) is 13.3. The monoisotopic (exact) mass is 305 g/mol. The summed E-state index contributed by atoms with van der Waals surface area (Å²) < 4.78 is 0. The van der Waals surface area contributed by atoms with Gasteiger partial charge in [0.2, 0.25) is 5.91 Å². The molecule has 0 saturated heterocycles. The number of nitrogens with one attached hydrogen (secondary N) is 2. The first-order valence-corrected chi connectivity index (χ1v) is 8.09. The molecular weight excluding hydrogens is 286 g/mol. The fourth-order valence-electron chi connectivity index (χ4n) is 3.60. The van der Waals surface area contributed by atoms with Crippen LogP contribution in [0.2, 0.25) is 0 Å². The van der Waals surface area contributed by atoms with Crippen molar-refractivity contribution in [3.8, 4) is 11.4 Å². The van der Waals surface area contributed by atoms with E-state index in [1.807, 2.05) is 36.4 Å². The fraction of sp³-hybridized carbons (Fsp3) is 0.263. The number of nitrogens with zero attached hydrogens (tertiary/aromatic N) is 1. The highest BCUT2D eigenvalue weighted by molar-refractivity contribution is 6.06. The van der Waals surface area contributed by atoms with Gasteiger partial charge in [-0.05, 0) is 48.7 Å². The average Bonchev–Trinajstić information content (AvgIpc) is 3.12. The lowest BCUT2D eigenvalue weighted by molar-refractivity contribution is -0.121. The van der Waals surface area contributed by atoms with E-state index < -0.39 is 5.41 Å². The summed E-state index contributed by atoms with van der Waals surface area (Å²) >= 11 is 0. The van der Waals surface area contributed by atoms with Gasteiger partial charge in [0.25, 0.3) is 0 Å². The van der Waals surface area contributed by atoms with Crippen LogP contribution in [0.3, 0.4) is 0 Å². The topological polar surface area (TPSA) is 57.8 Å². The van der Waals surface area contributed by atoms with Crippen LogP contribution in [0.4, 0.5) is 5.69 Å². The van der Waals surface area contributed by atoms with E-state index in [-0.39, 0.29) is 5.91 Å². The Morgan fingerprint density at radius 3 is 2.61 bits per heavy atom. The predicted octanol–water partition coefficient (Wildman–Crippen LogP) is 4.24. The number of para-hydroxylation sites is 2. The molecule has 23 heavy (non-hydrogen) atoms. The highest BCUT2D eigenvalue weighted by Crippen LogP contribution is 2.44. The molecule has 1 aliphatic heterocycles. The second kappa shape index (κ2) is 4.95. The Kier molecular flexibility index (Phi) is 3.01. The minimum Gasteiger partial charge on any atom is -0.338 e. The Balaban J connectivity index is 1.87. The minimum absolute atomic E-state index is 0.110. The first-order chi connectivity index (χ1) is 11.2. The van der Waals surface area contributed by atoms with Gasteiger partial charge in [-0.3, -0.25) is 4.79 Å². The van der Waals surface area contributed by atoms with Crippen LogP contribution in [-0.4, -0.2) is 15.9 Å². The average molecular weight is 305 g/mol. The summed E-state index contributed by atoms with van der Waals surface area (Å²) in [6, 6.07) is 14.1. The number of rotatable bonds is 3. The molecule has 3 aromatic rings. The fourth-order valence-corrected chi connectivity index (χ4v) is 3.60. The van der Waals surface area contributed by atoms with Crippen molar-refractivity contribution < 1.29 is 4.79 Å². The number of carbonyl (C=O) groups excluding carboxylic acids is 1. The first kappa shape index (κ1) is 14.0. The highest BCUT2D eigenvalue weighted by Gasteiger charge is 2.43. The molecular formula is C19H19N3O. The third-order valence-electron chi connectivity index (χ3n) is 5.09. The van der Waals surface area contributed by atoms with Crippen molar-refractivity contribution in [3.63, 3.8) is 0 Å². The van der Waals surface area contributed by atoms with Crippen LogP contribution in [0, 0.1) is 0 Å². The Morgan fingerprint density at radius 2 is 1.87 bits per heavy atom. The second-order valence-electron chi connectivity index (χ2n) is 6.11. The molecule has 0 bridgehead atoms. The molecule has 0 spiro atoms. The van der Waals surface area contributed by atoms with E-state index in [9.17, 15) is 4.79 Å². The van der Waals surface area contributed by atoms with Crippen molar-refractivity contribution in [3.05, 3.63) is 48.0 Å². The van der Waals surface area contributed by atoms with Crippen LogP contribution in [0.25, 0.3) is 22.4 Å². The molecule has 0 radical (unpaired) electrons. The largest absolute Gasteiger partial charge is 0.338 e. The molecule has 4 heteroatoms. The normalized spacial score (nSPS) is 15.7. The van der Waals surface area contributed by atoms with Crippen LogP contribution in [0.5, 0.6) is 0 Å². The number of carbonyl (C=O) groups is 1. The smallest absolute Gasteiger partial charge is 0.235 e. The van der Waals surface area contributed by atoms with E-state index in [2.05, 4.69) is 35.2 Å². The second-order valence-corrected chi connectivity index (χ2v) is 6.11. The van der Waals surface area contributed by atoms with E-state index >= 15 is 0 Å². The van der Waals surface area contributed by atoms with Crippen LogP contribution in [0.1, 0.15) is 32.3 Å². The molecule has 1 amide bonds. The summed E-state index contributed by atoms with van der Waals surface area (Å²) in [7, 11) is 0. The van der Waals surface area contributed by atoms with E-state index in [1.54, 1.807) is 0 Å². The van der Waals surface area contributed by atoms with Gasteiger partial charge in [-0.2, -0.15) is 0 Å². The van der Waals surface area contributed by atoms with Gasteiger partial charge in [0, 0.05) is 11.3 Å². The summed E-state index contributed by atoms with van der Waals surface area (Å²) in [5, 5.41) is 3.03. The van der Waals surface area contributed by atoms with Crippen molar-refractivity contribution >= 4 is 22.6 Å². The molecule has 116 valence electrons. The summed E-state index contributed by atoms with van der Waals surface area (Å²) in [4.78, 5) is 20.5. The lowest BCUT2D eigenvalue weighted by atomic mass is 9.76. The maximum atomic E-state index is 12.5. The molecule has 2 aromatic carbocycles. The van der Waals surface area contributed by atoms with Crippen molar-refractivity contribution in [2.24, 2.45) is 0 Å². The highest BCUT2D eigenvalue weighted by atomic mass is 16.2. The number of hydrogen-bond donors (Lipinski definition) is 2. The van der Waals surface area contributed by atoms with E-state index in [0.717, 1.165) is 46.5 Å². The van der Waals surface area contributed by atoms with Gasteiger partial charge in [-0.25, -0.2) is 4.98 Å². The number of aromatic amines is 1. The minimum atomic E-state index is -0.419. The molecule has 2 heterocycles. The molecule has 0 atom stereocenters. The molecule has 1 aliphatic rings. The molecule has 1 aromatic heterocycles. The predicted molar refractivity (Wildman–Crippen MR) is 92.4 cm³/mol. The summed E-state index contributed by atoms with van der Waals surface area (Å²) in [5.41, 5.74) is 4.59. The summed E-state index contributed by atoms with van der Waals surface area (Å²) in [6.07, 6.45) is 1.60. The van der Waals surface area contributed by atoms with Gasteiger partial charge >= 0.3 is 0 Å². The maximum absolute atomic E-state index is 12.5. The molecule has 0 aliphatic carbocycles.